The van der Waals surface area contributed by atoms with E-state index in [0.717, 1.165) is 0 Å². The van der Waals surface area contributed by atoms with E-state index in [2.05, 4.69) is 4.98 Å². The Morgan fingerprint density at radius 3 is 2.86 bits per heavy atom. The highest BCUT2D eigenvalue weighted by atomic mass is 19.1. The van der Waals surface area contributed by atoms with Gasteiger partial charge in [0.05, 0.1) is 20.3 Å². The first-order valence-corrected chi connectivity index (χ1v) is 4.16. The van der Waals surface area contributed by atoms with Crippen molar-refractivity contribution in [1.82, 2.24) is 4.98 Å². The van der Waals surface area contributed by atoms with Gasteiger partial charge in [-0.3, -0.25) is 0 Å². The molecule has 1 aromatic heterocycles. The zero-order chi connectivity index (χ0) is 10.2. The van der Waals surface area contributed by atoms with Gasteiger partial charge in [-0.05, 0) is 6.07 Å². The molecule has 0 aliphatic carbocycles. The van der Waals surface area contributed by atoms with Gasteiger partial charge >= 0.3 is 0 Å². The maximum Gasteiger partial charge on any atom is 0.255 e. The molecule has 0 bridgehead atoms. The van der Waals surface area contributed by atoms with Gasteiger partial charge in [-0.25, -0.2) is 4.98 Å². The lowest BCUT2D eigenvalue weighted by molar-refractivity contribution is -0.185. The van der Waals surface area contributed by atoms with Crippen molar-refractivity contribution in [3.05, 3.63) is 23.8 Å². The highest BCUT2D eigenvalue weighted by Crippen LogP contribution is 2.36. The van der Waals surface area contributed by atoms with Gasteiger partial charge < -0.3 is 14.6 Å². The molecule has 0 aromatic carbocycles. The summed E-state index contributed by atoms with van der Waals surface area (Å²) < 4.78 is 22.9. The van der Waals surface area contributed by atoms with Gasteiger partial charge in [-0.2, -0.15) is 4.39 Å². The monoisotopic (exact) mass is 199 g/mol. The Kier molecular flexibility index (Phi) is 2.13. The molecular weight excluding hydrogens is 189 g/mol. The molecule has 0 amide bonds. The number of hydrogen-bond acceptors (Lipinski definition) is 4. The van der Waals surface area contributed by atoms with Crippen LogP contribution in [0.1, 0.15) is 5.56 Å². The van der Waals surface area contributed by atoms with E-state index in [0.29, 0.717) is 5.56 Å². The Labute approximate surface area is 80.3 Å². The van der Waals surface area contributed by atoms with Crippen LogP contribution in [0.4, 0.5) is 4.39 Å². The molecule has 2 heterocycles. The van der Waals surface area contributed by atoms with Gasteiger partial charge in [-0.15, -0.1) is 0 Å². The van der Waals surface area contributed by atoms with Gasteiger partial charge in [0, 0.05) is 11.8 Å². The molecule has 1 aliphatic heterocycles. The lowest BCUT2D eigenvalue weighted by atomic mass is 9.92. The number of halogens is 1. The van der Waals surface area contributed by atoms with Gasteiger partial charge in [0.25, 0.3) is 5.95 Å². The van der Waals surface area contributed by atoms with Gasteiger partial charge in [0.1, 0.15) is 5.60 Å². The molecule has 1 N–H and O–H groups in total. The first kappa shape index (κ1) is 9.36. The fourth-order valence-electron chi connectivity index (χ4n) is 1.43. The zero-order valence-corrected chi connectivity index (χ0v) is 7.66. The summed E-state index contributed by atoms with van der Waals surface area (Å²) in [5, 5.41) is 9.92. The number of nitrogens with zero attached hydrogens (tertiary/aromatic N) is 1. The molecule has 5 heteroatoms. The van der Waals surface area contributed by atoms with Crippen molar-refractivity contribution in [2.45, 2.75) is 5.60 Å². The second-order valence-electron chi connectivity index (χ2n) is 3.21. The standard InChI is InChI=1S/C9H10FNO3/c1-13-7-6(2-3-11-8(7)10)9(12)4-14-5-9/h2-3,12H,4-5H2,1H3. The largest absolute Gasteiger partial charge is 0.492 e. The van der Waals surface area contributed by atoms with Gasteiger partial charge in [0.2, 0.25) is 0 Å². The summed E-state index contributed by atoms with van der Waals surface area (Å²) >= 11 is 0. The highest BCUT2D eigenvalue weighted by molar-refractivity contribution is 5.37. The molecule has 0 unspecified atom stereocenters. The SMILES string of the molecule is COc1c(C2(O)COC2)ccnc1F. The van der Waals surface area contributed by atoms with Gasteiger partial charge in [0.15, 0.2) is 5.75 Å². The number of pyridine rings is 1. The fraction of sp³-hybridized carbons (Fsp3) is 0.444. The van der Waals surface area contributed by atoms with E-state index in [-0.39, 0.29) is 19.0 Å². The highest BCUT2D eigenvalue weighted by Gasteiger charge is 2.41. The Morgan fingerprint density at radius 1 is 1.64 bits per heavy atom. The third kappa shape index (κ3) is 1.25. The Hall–Kier alpha value is -1.20. The molecular formula is C9H10FNO3. The summed E-state index contributed by atoms with van der Waals surface area (Å²) in [6, 6.07) is 1.53. The zero-order valence-electron chi connectivity index (χ0n) is 7.66. The smallest absolute Gasteiger partial charge is 0.255 e. The van der Waals surface area contributed by atoms with E-state index in [1.165, 1.54) is 19.4 Å². The summed E-state index contributed by atoms with van der Waals surface area (Å²) in [5.74, 6) is -0.733. The predicted octanol–water partition coefficient (Wildman–Crippen LogP) is 0.447. The molecule has 1 fully saturated rings. The van der Waals surface area contributed by atoms with Crippen LogP contribution in [-0.2, 0) is 10.3 Å². The molecule has 1 saturated heterocycles. The average Bonchev–Trinajstić information content (AvgIpc) is 2.14. The topological polar surface area (TPSA) is 51.6 Å². The van der Waals surface area contributed by atoms with Crippen molar-refractivity contribution in [2.75, 3.05) is 20.3 Å². The maximum absolute atomic E-state index is 13.2. The molecule has 0 radical (unpaired) electrons. The van der Waals surface area contributed by atoms with Crippen molar-refractivity contribution in [2.24, 2.45) is 0 Å². The van der Waals surface area contributed by atoms with Crippen LogP contribution in [0.25, 0.3) is 0 Å². The van der Waals surface area contributed by atoms with Crippen LogP contribution in [0.2, 0.25) is 0 Å². The van der Waals surface area contributed by atoms with E-state index >= 15 is 0 Å². The van der Waals surface area contributed by atoms with Crippen molar-refractivity contribution < 1.29 is 19.0 Å². The van der Waals surface area contributed by atoms with Crippen molar-refractivity contribution in [3.8, 4) is 5.75 Å². The number of rotatable bonds is 2. The van der Waals surface area contributed by atoms with Crippen molar-refractivity contribution in [3.63, 3.8) is 0 Å². The van der Waals surface area contributed by atoms with E-state index in [1.54, 1.807) is 0 Å². The molecule has 1 aliphatic rings. The van der Waals surface area contributed by atoms with E-state index in [1.807, 2.05) is 0 Å². The molecule has 2 rings (SSSR count). The van der Waals surface area contributed by atoms with E-state index < -0.39 is 11.5 Å². The van der Waals surface area contributed by atoms with Crippen molar-refractivity contribution in [1.29, 1.82) is 0 Å². The normalized spacial score (nSPS) is 18.8. The molecule has 0 saturated carbocycles. The van der Waals surface area contributed by atoms with Crippen LogP contribution in [0.15, 0.2) is 12.3 Å². The second-order valence-corrected chi connectivity index (χ2v) is 3.21. The molecule has 0 atom stereocenters. The lowest BCUT2D eigenvalue weighted by Gasteiger charge is -2.37. The number of ether oxygens (including phenoxy) is 2. The quantitative estimate of drug-likeness (QED) is 0.702. The third-order valence-electron chi connectivity index (χ3n) is 2.25. The summed E-state index contributed by atoms with van der Waals surface area (Å²) in [4.78, 5) is 3.44. The van der Waals surface area contributed by atoms with Crippen molar-refractivity contribution >= 4 is 0 Å². The Morgan fingerprint density at radius 2 is 2.36 bits per heavy atom. The summed E-state index contributed by atoms with van der Waals surface area (Å²) in [5.41, 5.74) is -0.742. The van der Waals surface area contributed by atoms with Crippen LogP contribution < -0.4 is 4.74 Å². The maximum atomic E-state index is 13.2. The van der Waals surface area contributed by atoms with E-state index in [4.69, 9.17) is 9.47 Å². The number of hydrogen-bond donors (Lipinski definition) is 1. The summed E-state index contributed by atoms with van der Waals surface area (Å²) in [6.45, 7) is 0.319. The number of methoxy groups -OCH3 is 1. The first-order chi connectivity index (χ1) is 6.67. The molecule has 76 valence electrons. The second kappa shape index (κ2) is 3.18. The minimum atomic E-state index is -1.13. The van der Waals surface area contributed by atoms with Gasteiger partial charge in [-0.1, -0.05) is 0 Å². The predicted molar refractivity (Wildman–Crippen MR) is 45.5 cm³/mol. The van der Waals surface area contributed by atoms with Crippen LogP contribution in [0.5, 0.6) is 5.75 Å². The number of aliphatic hydroxyl groups is 1. The molecule has 4 nitrogen and oxygen atoms in total. The molecule has 0 spiro atoms. The van der Waals surface area contributed by atoms with Crippen LogP contribution in [0.3, 0.4) is 0 Å². The summed E-state index contributed by atoms with van der Waals surface area (Å²) in [6.07, 6.45) is 1.30. The minimum absolute atomic E-state index is 0.0155. The Bertz CT molecular complexity index is 352. The van der Waals surface area contributed by atoms with Crippen LogP contribution in [-0.4, -0.2) is 30.4 Å². The fourth-order valence-corrected chi connectivity index (χ4v) is 1.43. The van der Waals surface area contributed by atoms with Crippen LogP contribution >= 0.6 is 0 Å². The third-order valence-corrected chi connectivity index (χ3v) is 2.25. The first-order valence-electron chi connectivity index (χ1n) is 4.16. The molecule has 1 aromatic rings. The Balaban J connectivity index is 2.46. The lowest BCUT2D eigenvalue weighted by Crippen LogP contribution is -2.46. The summed E-state index contributed by atoms with van der Waals surface area (Å²) in [7, 11) is 1.34. The average molecular weight is 199 g/mol. The van der Waals surface area contributed by atoms with Crippen LogP contribution in [0, 0.1) is 5.95 Å². The molecule has 14 heavy (non-hydrogen) atoms. The van der Waals surface area contributed by atoms with E-state index in [9.17, 15) is 9.50 Å². The number of aromatic nitrogens is 1. The minimum Gasteiger partial charge on any atom is -0.492 e.